The van der Waals surface area contributed by atoms with E-state index in [0.717, 1.165) is 11.4 Å². The Morgan fingerprint density at radius 3 is 1.71 bits per heavy atom. The Hall–Kier alpha value is -3.52. The minimum absolute atomic E-state index is 0.390. The smallest absolute Gasteiger partial charge is 0.0713 e. The van der Waals surface area contributed by atoms with Gasteiger partial charge < -0.3 is 11.5 Å². The summed E-state index contributed by atoms with van der Waals surface area (Å²) in [7, 11) is 0. The Kier molecular flexibility index (Phi) is 3.56. The van der Waals surface area contributed by atoms with E-state index in [1.807, 2.05) is 24.3 Å². The van der Waals surface area contributed by atoms with E-state index < -0.39 is 0 Å². The Morgan fingerprint density at radius 1 is 0.571 bits per heavy atom. The lowest BCUT2D eigenvalue weighted by molar-refractivity contribution is 0.768. The van der Waals surface area contributed by atoms with Gasteiger partial charge in [0.25, 0.3) is 0 Å². The fourth-order valence-corrected chi connectivity index (χ4v) is 4.65. The molecule has 0 unspecified atom stereocenters. The van der Waals surface area contributed by atoms with E-state index in [9.17, 15) is 0 Å². The third kappa shape index (κ3) is 2.21. The zero-order valence-corrected chi connectivity index (χ0v) is 15.8. The summed E-state index contributed by atoms with van der Waals surface area (Å²) in [4.78, 5) is 0. The van der Waals surface area contributed by atoms with E-state index in [0.29, 0.717) is 0 Å². The number of aryl methyl sites for hydroxylation is 1. The molecule has 0 atom stereocenters. The van der Waals surface area contributed by atoms with Crippen molar-refractivity contribution < 1.29 is 0 Å². The number of fused-ring (bicyclic) bond motifs is 3. The van der Waals surface area contributed by atoms with Crippen molar-refractivity contribution >= 4 is 11.4 Å². The minimum Gasteiger partial charge on any atom is -0.399 e. The molecular weight excluding hydrogens is 340 g/mol. The molecular formula is C26H22N2. The lowest BCUT2D eigenvalue weighted by Crippen LogP contribution is -2.28. The van der Waals surface area contributed by atoms with Crippen molar-refractivity contribution in [2.24, 2.45) is 0 Å². The van der Waals surface area contributed by atoms with Gasteiger partial charge in [-0.1, -0.05) is 72.3 Å². The molecule has 0 spiro atoms. The van der Waals surface area contributed by atoms with Crippen LogP contribution in [0.15, 0.2) is 91.0 Å². The molecule has 0 aromatic heterocycles. The highest BCUT2D eigenvalue weighted by atomic mass is 14.6. The maximum atomic E-state index is 6.02. The van der Waals surface area contributed by atoms with Crippen LogP contribution in [0.4, 0.5) is 11.4 Å². The van der Waals surface area contributed by atoms with Crippen molar-refractivity contribution in [1.82, 2.24) is 0 Å². The fourth-order valence-electron chi connectivity index (χ4n) is 4.65. The summed E-state index contributed by atoms with van der Waals surface area (Å²) in [6, 6.07) is 32.0. The molecule has 0 heterocycles. The average molecular weight is 362 g/mol. The first kappa shape index (κ1) is 16.6. The highest BCUT2D eigenvalue weighted by Gasteiger charge is 2.45. The molecule has 0 amide bonds. The molecule has 2 heteroatoms. The zero-order chi connectivity index (χ0) is 19.3. The number of nitrogens with two attached hydrogens (primary N) is 2. The molecule has 0 aliphatic heterocycles. The van der Waals surface area contributed by atoms with Gasteiger partial charge in [-0.3, -0.25) is 0 Å². The van der Waals surface area contributed by atoms with Gasteiger partial charge in [0.15, 0.2) is 0 Å². The second kappa shape index (κ2) is 6.00. The number of hydrogen-bond acceptors (Lipinski definition) is 2. The van der Waals surface area contributed by atoms with Crippen molar-refractivity contribution in [3.05, 3.63) is 119 Å². The van der Waals surface area contributed by atoms with Crippen molar-refractivity contribution in [1.29, 1.82) is 0 Å². The summed E-state index contributed by atoms with van der Waals surface area (Å²) in [6.07, 6.45) is 0. The van der Waals surface area contributed by atoms with Crippen LogP contribution in [0.25, 0.3) is 11.1 Å². The highest BCUT2D eigenvalue weighted by molar-refractivity contribution is 5.86. The molecule has 2 nitrogen and oxygen atoms in total. The number of hydrogen-bond donors (Lipinski definition) is 2. The van der Waals surface area contributed by atoms with E-state index in [-0.39, 0.29) is 5.41 Å². The summed E-state index contributed by atoms with van der Waals surface area (Å²) >= 11 is 0. The SMILES string of the molecule is Cc1ccc2c(c1)C(c1ccc(N)cc1)(c1ccc(N)cc1)c1ccccc1-2. The van der Waals surface area contributed by atoms with Crippen LogP contribution in [0.3, 0.4) is 0 Å². The Balaban J connectivity index is 1.96. The van der Waals surface area contributed by atoms with Crippen molar-refractivity contribution in [3.63, 3.8) is 0 Å². The normalized spacial score (nSPS) is 13.8. The van der Waals surface area contributed by atoms with E-state index in [2.05, 4.69) is 73.7 Å². The second-order valence-corrected chi connectivity index (χ2v) is 7.59. The van der Waals surface area contributed by atoms with Gasteiger partial charge in [0.2, 0.25) is 0 Å². The molecule has 1 aliphatic carbocycles. The molecule has 5 rings (SSSR count). The van der Waals surface area contributed by atoms with Crippen LogP contribution in [-0.2, 0) is 5.41 Å². The van der Waals surface area contributed by atoms with E-state index in [1.165, 1.54) is 38.9 Å². The second-order valence-electron chi connectivity index (χ2n) is 7.59. The van der Waals surface area contributed by atoms with Gasteiger partial charge in [0.05, 0.1) is 5.41 Å². The lowest BCUT2D eigenvalue weighted by atomic mass is 9.67. The van der Waals surface area contributed by atoms with Crippen LogP contribution >= 0.6 is 0 Å². The van der Waals surface area contributed by atoms with E-state index in [4.69, 9.17) is 11.5 Å². The van der Waals surface area contributed by atoms with Gasteiger partial charge in [0, 0.05) is 11.4 Å². The Bertz CT molecular complexity index is 1130. The van der Waals surface area contributed by atoms with Crippen LogP contribution in [-0.4, -0.2) is 0 Å². The Morgan fingerprint density at radius 2 is 1.11 bits per heavy atom. The van der Waals surface area contributed by atoms with Gasteiger partial charge in [-0.25, -0.2) is 0 Å². The minimum atomic E-state index is -0.390. The summed E-state index contributed by atoms with van der Waals surface area (Å²) in [5.41, 5.74) is 22.0. The molecule has 4 aromatic carbocycles. The molecule has 0 radical (unpaired) electrons. The summed E-state index contributed by atoms with van der Waals surface area (Å²) < 4.78 is 0. The standard InChI is InChI=1S/C26H22N2/c1-17-6-15-23-22-4-2-3-5-24(22)26(25(23)16-17,18-7-11-20(27)12-8-18)19-9-13-21(28)14-10-19/h2-16H,27-28H2,1H3. The number of rotatable bonds is 2. The Labute approximate surface area is 165 Å². The molecule has 0 bridgehead atoms. The maximum Gasteiger partial charge on any atom is 0.0713 e. The predicted molar refractivity (Wildman–Crippen MR) is 117 cm³/mol. The first-order valence-electron chi connectivity index (χ1n) is 9.54. The van der Waals surface area contributed by atoms with Crippen LogP contribution < -0.4 is 11.5 Å². The summed E-state index contributed by atoms with van der Waals surface area (Å²) in [5, 5.41) is 0. The van der Waals surface area contributed by atoms with Crippen molar-refractivity contribution in [3.8, 4) is 11.1 Å². The largest absolute Gasteiger partial charge is 0.399 e. The predicted octanol–water partition coefficient (Wildman–Crippen LogP) is 5.52. The van der Waals surface area contributed by atoms with Crippen molar-refractivity contribution in [2.75, 3.05) is 11.5 Å². The quantitative estimate of drug-likeness (QED) is 0.406. The lowest BCUT2D eigenvalue weighted by Gasteiger charge is -2.34. The van der Waals surface area contributed by atoms with Gasteiger partial charge in [0.1, 0.15) is 0 Å². The number of benzene rings is 4. The monoisotopic (exact) mass is 362 g/mol. The van der Waals surface area contributed by atoms with E-state index in [1.54, 1.807) is 0 Å². The molecule has 0 fully saturated rings. The molecule has 1 aliphatic rings. The van der Waals surface area contributed by atoms with Gasteiger partial charge in [-0.05, 0) is 64.6 Å². The molecule has 136 valence electrons. The summed E-state index contributed by atoms with van der Waals surface area (Å²) in [6.45, 7) is 2.15. The third-order valence-electron chi connectivity index (χ3n) is 5.89. The summed E-state index contributed by atoms with van der Waals surface area (Å²) in [5.74, 6) is 0. The molecule has 0 saturated carbocycles. The van der Waals surface area contributed by atoms with Gasteiger partial charge in [-0.2, -0.15) is 0 Å². The molecule has 28 heavy (non-hydrogen) atoms. The molecule has 4 aromatic rings. The van der Waals surface area contributed by atoms with Crippen molar-refractivity contribution in [2.45, 2.75) is 12.3 Å². The zero-order valence-electron chi connectivity index (χ0n) is 15.8. The maximum absolute atomic E-state index is 6.02. The highest BCUT2D eigenvalue weighted by Crippen LogP contribution is 2.56. The molecule has 0 saturated heterocycles. The number of anilines is 2. The number of nitrogen functional groups attached to an aromatic ring is 2. The average Bonchev–Trinajstić information content (AvgIpc) is 3.00. The van der Waals surface area contributed by atoms with Crippen LogP contribution in [0.1, 0.15) is 27.8 Å². The van der Waals surface area contributed by atoms with Gasteiger partial charge >= 0.3 is 0 Å². The van der Waals surface area contributed by atoms with Crippen LogP contribution in [0, 0.1) is 6.92 Å². The van der Waals surface area contributed by atoms with Crippen LogP contribution in [0.5, 0.6) is 0 Å². The topological polar surface area (TPSA) is 52.0 Å². The van der Waals surface area contributed by atoms with Crippen LogP contribution in [0.2, 0.25) is 0 Å². The van der Waals surface area contributed by atoms with Gasteiger partial charge in [-0.15, -0.1) is 0 Å². The van der Waals surface area contributed by atoms with E-state index >= 15 is 0 Å². The third-order valence-corrected chi connectivity index (χ3v) is 5.89. The fraction of sp³-hybridized carbons (Fsp3) is 0.0769. The first-order valence-corrected chi connectivity index (χ1v) is 9.54. The molecule has 4 N–H and O–H groups in total. The first-order chi connectivity index (χ1) is 13.6.